The molecular weight excluding hydrogens is 321 g/mol. The molecule has 1 aromatic rings. The zero-order valence-electron chi connectivity index (χ0n) is 13.7. The fourth-order valence-corrected chi connectivity index (χ4v) is 1.98. The van der Waals surface area contributed by atoms with Crippen molar-refractivity contribution in [2.24, 2.45) is 4.99 Å². The first-order valence-electron chi connectivity index (χ1n) is 7.70. The van der Waals surface area contributed by atoms with Crippen LogP contribution in [0.2, 0.25) is 5.02 Å². The highest BCUT2D eigenvalue weighted by atomic mass is 35.5. The summed E-state index contributed by atoms with van der Waals surface area (Å²) in [7, 11) is 1.65. The Hall–Kier alpha value is -1.37. The van der Waals surface area contributed by atoms with E-state index in [1.807, 2.05) is 6.92 Å². The first-order valence-corrected chi connectivity index (χ1v) is 8.08. The van der Waals surface area contributed by atoms with Gasteiger partial charge in [-0.2, -0.15) is 0 Å². The van der Waals surface area contributed by atoms with Crippen molar-refractivity contribution in [1.82, 2.24) is 10.6 Å². The second-order valence-electron chi connectivity index (χ2n) is 4.83. The fraction of sp³-hybridized carbons (Fsp3) is 0.562. The summed E-state index contributed by atoms with van der Waals surface area (Å²) in [5.41, 5.74) is 0.858. The van der Waals surface area contributed by atoms with E-state index >= 15 is 0 Å². The van der Waals surface area contributed by atoms with E-state index in [0.717, 1.165) is 25.1 Å². The summed E-state index contributed by atoms with van der Waals surface area (Å²) < 4.78 is 23.4. The maximum atomic E-state index is 13.1. The van der Waals surface area contributed by atoms with E-state index in [2.05, 4.69) is 15.6 Å². The summed E-state index contributed by atoms with van der Waals surface area (Å²) in [6, 6.07) is 4.62. The number of hydrogen-bond donors (Lipinski definition) is 2. The Kier molecular flexibility index (Phi) is 10.4. The van der Waals surface area contributed by atoms with Crippen LogP contribution in [0.15, 0.2) is 23.2 Å². The molecule has 0 bridgehead atoms. The molecule has 7 heteroatoms. The Morgan fingerprint density at radius 3 is 2.78 bits per heavy atom. The van der Waals surface area contributed by atoms with Crippen LogP contribution in [0, 0.1) is 5.82 Å². The van der Waals surface area contributed by atoms with Crippen LogP contribution in [0.4, 0.5) is 4.39 Å². The normalized spacial score (nSPS) is 11.6. The lowest BCUT2D eigenvalue weighted by atomic mass is 10.2. The highest BCUT2D eigenvalue weighted by molar-refractivity contribution is 6.30. The number of benzene rings is 1. The number of methoxy groups -OCH3 is 1. The van der Waals surface area contributed by atoms with Gasteiger partial charge in [0.15, 0.2) is 5.96 Å². The molecule has 0 saturated carbocycles. The Balaban J connectivity index is 2.36. The summed E-state index contributed by atoms with van der Waals surface area (Å²) in [5, 5.41) is 6.50. The molecule has 0 aliphatic rings. The van der Waals surface area contributed by atoms with E-state index in [1.165, 1.54) is 6.07 Å². The van der Waals surface area contributed by atoms with Crippen molar-refractivity contribution in [3.63, 3.8) is 0 Å². The van der Waals surface area contributed by atoms with Crippen LogP contribution in [0.25, 0.3) is 0 Å². The number of nitrogens with zero attached hydrogens (tertiary/aromatic N) is 1. The molecule has 1 aromatic carbocycles. The van der Waals surface area contributed by atoms with Crippen LogP contribution in [-0.2, 0) is 16.0 Å². The fourth-order valence-electron chi connectivity index (χ4n) is 1.78. The molecule has 0 aromatic heterocycles. The Morgan fingerprint density at radius 2 is 2.09 bits per heavy atom. The molecule has 0 aliphatic heterocycles. The Morgan fingerprint density at radius 1 is 1.26 bits per heavy atom. The van der Waals surface area contributed by atoms with Gasteiger partial charge in [0, 0.05) is 26.8 Å². The van der Waals surface area contributed by atoms with Crippen LogP contribution in [0.1, 0.15) is 18.9 Å². The minimum atomic E-state index is -0.419. The van der Waals surface area contributed by atoms with Gasteiger partial charge in [0.25, 0.3) is 0 Å². The van der Waals surface area contributed by atoms with Gasteiger partial charge in [0.2, 0.25) is 0 Å². The minimum absolute atomic E-state index is 0.115. The summed E-state index contributed by atoms with van der Waals surface area (Å²) in [6.07, 6.45) is 0.872. The summed E-state index contributed by atoms with van der Waals surface area (Å²) >= 11 is 5.77. The van der Waals surface area contributed by atoms with Crippen molar-refractivity contribution in [3.05, 3.63) is 34.6 Å². The lowest BCUT2D eigenvalue weighted by molar-refractivity contribution is 0.0698. The molecule has 0 spiro atoms. The third-order valence-electron chi connectivity index (χ3n) is 2.94. The molecule has 0 atom stereocenters. The van der Waals surface area contributed by atoms with Gasteiger partial charge in [-0.05, 0) is 31.0 Å². The van der Waals surface area contributed by atoms with Gasteiger partial charge in [0.05, 0.1) is 24.8 Å². The molecule has 1 rings (SSSR count). The average molecular weight is 346 g/mol. The number of hydrogen-bond acceptors (Lipinski definition) is 3. The summed E-state index contributed by atoms with van der Waals surface area (Å²) in [6.45, 7) is 5.83. The quantitative estimate of drug-likeness (QED) is 0.389. The van der Waals surface area contributed by atoms with Crippen molar-refractivity contribution in [3.8, 4) is 0 Å². The highest BCUT2D eigenvalue weighted by Crippen LogP contribution is 2.16. The van der Waals surface area contributed by atoms with E-state index in [0.29, 0.717) is 32.3 Å². The number of nitrogens with one attached hydrogen (secondary N) is 2. The molecule has 2 N–H and O–H groups in total. The molecule has 0 heterocycles. The molecule has 0 amide bonds. The summed E-state index contributed by atoms with van der Waals surface area (Å²) in [4.78, 5) is 4.45. The van der Waals surface area contributed by atoms with Crippen molar-refractivity contribution in [1.29, 1.82) is 0 Å². The molecule has 130 valence electrons. The van der Waals surface area contributed by atoms with Crippen LogP contribution in [-0.4, -0.2) is 46.0 Å². The molecule has 23 heavy (non-hydrogen) atoms. The third-order valence-corrected chi connectivity index (χ3v) is 3.23. The Labute approximate surface area is 142 Å². The lowest BCUT2D eigenvalue weighted by Crippen LogP contribution is -2.38. The van der Waals surface area contributed by atoms with Gasteiger partial charge in [0.1, 0.15) is 5.82 Å². The number of ether oxygens (including phenoxy) is 2. The molecule has 5 nitrogen and oxygen atoms in total. The topological polar surface area (TPSA) is 54.9 Å². The number of guanidine groups is 1. The number of rotatable bonds is 10. The smallest absolute Gasteiger partial charge is 0.191 e. The van der Waals surface area contributed by atoms with E-state index in [9.17, 15) is 4.39 Å². The Bertz CT molecular complexity index is 486. The summed E-state index contributed by atoms with van der Waals surface area (Å²) in [5.74, 6) is 0.294. The predicted molar refractivity (Wildman–Crippen MR) is 91.5 cm³/mol. The van der Waals surface area contributed by atoms with Crippen LogP contribution < -0.4 is 10.6 Å². The van der Waals surface area contributed by atoms with Gasteiger partial charge in [-0.1, -0.05) is 17.7 Å². The first kappa shape index (κ1) is 19.7. The van der Waals surface area contributed by atoms with Gasteiger partial charge in [-0.25, -0.2) is 9.38 Å². The maximum absolute atomic E-state index is 13.1. The van der Waals surface area contributed by atoms with Crippen LogP contribution >= 0.6 is 11.6 Å². The first-order chi connectivity index (χ1) is 11.2. The van der Waals surface area contributed by atoms with Gasteiger partial charge >= 0.3 is 0 Å². The van der Waals surface area contributed by atoms with Gasteiger partial charge < -0.3 is 20.1 Å². The SMILES string of the molecule is CCNC(=NCc1ccc(F)c(Cl)c1)NCCCOCCOC. The number of halogens is 2. The second kappa shape index (κ2) is 12.1. The average Bonchev–Trinajstić information content (AvgIpc) is 2.54. The van der Waals surface area contributed by atoms with Gasteiger partial charge in [-0.15, -0.1) is 0 Å². The lowest BCUT2D eigenvalue weighted by Gasteiger charge is -2.11. The molecule has 0 saturated heterocycles. The third kappa shape index (κ3) is 8.74. The zero-order chi connectivity index (χ0) is 16.9. The van der Waals surface area contributed by atoms with Crippen LogP contribution in [0.5, 0.6) is 0 Å². The van der Waals surface area contributed by atoms with Crippen molar-refractivity contribution >= 4 is 17.6 Å². The zero-order valence-corrected chi connectivity index (χ0v) is 14.5. The minimum Gasteiger partial charge on any atom is -0.382 e. The van der Waals surface area contributed by atoms with E-state index in [-0.39, 0.29) is 5.02 Å². The molecular formula is C16H25ClFN3O2. The maximum Gasteiger partial charge on any atom is 0.191 e. The molecule has 0 aliphatic carbocycles. The predicted octanol–water partition coefficient (Wildman–Crippen LogP) is 2.59. The van der Waals surface area contributed by atoms with Gasteiger partial charge in [-0.3, -0.25) is 0 Å². The molecule has 0 unspecified atom stereocenters. The van der Waals surface area contributed by atoms with E-state index in [4.69, 9.17) is 21.1 Å². The molecule has 0 radical (unpaired) electrons. The molecule has 0 fully saturated rings. The highest BCUT2D eigenvalue weighted by Gasteiger charge is 2.01. The van der Waals surface area contributed by atoms with Crippen molar-refractivity contribution in [2.45, 2.75) is 19.9 Å². The largest absolute Gasteiger partial charge is 0.382 e. The van der Waals surface area contributed by atoms with Crippen molar-refractivity contribution in [2.75, 3.05) is 40.0 Å². The van der Waals surface area contributed by atoms with E-state index < -0.39 is 5.82 Å². The van der Waals surface area contributed by atoms with E-state index in [1.54, 1.807) is 19.2 Å². The van der Waals surface area contributed by atoms with Crippen LogP contribution in [0.3, 0.4) is 0 Å². The standard InChI is InChI=1S/C16H25ClFN3O2/c1-3-19-16(20-7-4-8-23-10-9-22-2)21-12-13-5-6-15(18)14(17)11-13/h5-6,11H,3-4,7-10,12H2,1-2H3,(H2,19,20,21). The number of aliphatic imine (C=N–C) groups is 1. The monoisotopic (exact) mass is 345 g/mol. The second-order valence-corrected chi connectivity index (χ2v) is 5.24. The van der Waals surface area contributed by atoms with Crippen molar-refractivity contribution < 1.29 is 13.9 Å².